The van der Waals surface area contributed by atoms with Gasteiger partial charge in [0.1, 0.15) is 11.5 Å². The van der Waals surface area contributed by atoms with E-state index in [0.29, 0.717) is 29.1 Å². The highest BCUT2D eigenvalue weighted by Gasteiger charge is 2.20. The molecule has 0 saturated carbocycles. The van der Waals surface area contributed by atoms with Crippen molar-refractivity contribution in [3.05, 3.63) is 78.2 Å². The molecule has 0 atom stereocenters. The number of anilines is 1. The van der Waals surface area contributed by atoms with E-state index >= 15 is 0 Å². The quantitative estimate of drug-likeness (QED) is 0.317. The molecule has 0 bridgehead atoms. The van der Waals surface area contributed by atoms with Crippen molar-refractivity contribution in [1.82, 2.24) is 24.5 Å². The highest BCUT2D eigenvalue weighted by Crippen LogP contribution is 2.29. The van der Waals surface area contributed by atoms with Gasteiger partial charge in [-0.05, 0) is 50.5 Å². The van der Waals surface area contributed by atoms with Crippen molar-refractivity contribution in [2.45, 2.75) is 44.2 Å². The van der Waals surface area contributed by atoms with Crippen LogP contribution in [0.1, 0.15) is 31.4 Å². The summed E-state index contributed by atoms with van der Waals surface area (Å²) in [5.41, 5.74) is 9.46. The Morgan fingerprint density at radius 1 is 1.11 bits per heavy atom. The van der Waals surface area contributed by atoms with Crippen molar-refractivity contribution in [3.63, 3.8) is 0 Å². The normalized spacial score (nSPS) is 12.1. The van der Waals surface area contributed by atoms with E-state index in [2.05, 4.69) is 14.8 Å². The van der Waals surface area contributed by atoms with Crippen molar-refractivity contribution in [3.8, 4) is 22.5 Å². The van der Waals surface area contributed by atoms with Gasteiger partial charge in [-0.25, -0.2) is 23.1 Å². The average Bonchev–Trinajstić information content (AvgIpc) is 3.27. The Labute approximate surface area is 211 Å². The predicted octanol–water partition coefficient (Wildman–Crippen LogP) is 3.39. The van der Waals surface area contributed by atoms with Gasteiger partial charge in [0.2, 0.25) is 10.0 Å². The molecule has 0 saturated heterocycles. The van der Waals surface area contributed by atoms with Crippen molar-refractivity contribution < 1.29 is 13.5 Å². The van der Waals surface area contributed by atoms with Crippen molar-refractivity contribution >= 4 is 15.8 Å². The number of aliphatic hydroxyl groups is 1. The zero-order chi connectivity index (χ0) is 25.9. The molecule has 4 rings (SSSR count). The van der Waals surface area contributed by atoms with Gasteiger partial charge in [0.05, 0.1) is 35.1 Å². The molecule has 0 unspecified atom stereocenters. The Morgan fingerprint density at radius 3 is 2.58 bits per heavy atom. The van der Waals surface area contributed by atoms with Crippen LogP contribution in [0, 0.1) is 6.92 Å². The van der Waals surface area contributed by atoms with Gasteiger partial charge in [-0.15, -0.1) is 0 Å². The van der Waals surface area contributed by atoms with Gasteiger partial charge in [0.25, 0.3) is 0 Å². The third-order valence-corrected chi connectivity index (χ3v) is 7.18. The summed E-state index contributed by atoms with van der Waals surface area (Å²) in [6.45, 7) is 5.87. The third kappa shape index (κ3) is 6.14. The number of hydrogen-bond acceptors (Lipinski definition) is 7. The van der Waals surface area contributed by atoms with Crippen LogP contribution >= 0.6 is 0 Å². The zero-order valence-electron chi connectivity index (χ0n) is 20.5. The third-order valence-electron chi connectivity index (χ3n) is 5.72. The topological polar surface area (TPSA) is 136 Å². The van der Waals surface area contributed by atoms with Crippen LogP contribution in [0.25, 0.3) is 22.5 Å². The molecule has 2 heterocycles. The van der Waals surface area contributed by atoms with E-state index in [1.54, 1.807) is 42.9 Å². The number of nitrogens with zero attached hydrogens (tertiary/aromatic N) is 4. The van der Waals surface area contributed by atoms with Crippen LogP contribution in [0.2, 0.25) is 0 Å². The molecule has 9 nitrogen and oxygen atoms in total. The number of rotatable bonds is 9. The standard InChI is InChI=1S/C26H30N6O3S/c1-18-9-10-21(36(34,35)30-12-11-26(2,3)33)13-22(18)23-15-28-25(27)24(31-23)20-14-29-32(17-20)16-19-7-5-4-6-8-19/h4-10,13-15,17,30,33H,11-12,16H2,1-3H3,(H2,27,28). The van der Waals surface area contributed by atoms with Crippen LogP contribution in [0.15, 0.2) is 72.0 Å². The Bertz CT molecular complexity index is 1460. The summed E-state index contributed by atoms with van der Waals surface area (Å²) in [5, 5.41) is 14.3. The average molecular weight is 507 g/mol. The van der Waals surface area contributed by atoms with Gasteiger partial charge in [-0.1, -0.05) is 36.4 Å². The van der Waals surface area contributed by atoms with Gasteiger partial charge in [0.15, 0.2) is 0 Å². The molecule has 2 aromatic heterocycles. The number of sulfonamides is 1. The molecule has 0 aliphatic heterocycles. The Morgan fingerprint density at radius 2 is 1.86 bits per heavy atom. The molecule has 4 N–H and O–H groups in total. The molecule has 0 aliphatic carbocycles. The van der Waals surface area contributed by atoms with E-state index in [4.69, 9.17) is 10.7 Å². The van der Waals surface area contributed by atoms with E-state index < -0.39 is 15.6 Å². The van der Waals surface area contributed by atoms with Crippen LogP contribution in [0.4, 0.5) is 5.82 Å². The van der Waals surface area contributed by atoms with E-state index in [1.165, 1.54) is 6.20 Å². The molecule has 0 spiro atoms. The van der Waals surface area contributed by atoms with E-state index in [0.717, 1.165) is 11.1 Å². The van der Waals surface area contributed by atoms with Crippen LogP contribution in [0.3, 0.4) is 0 Å². The first-order valence-electron chi connectivity index (χ1n) is 11.5. The summed E-state index contributed by atoms with van der Waals surface area (Å²) in [6, 6.07) is 14.8. The monoisotopic (exact) mass is 506 g/mol. The molecule has 0 radical (unpaired) electrons. The maximum Gasteiger partial charge on any atom is 0.240 e. The molecule has 0 fully saturated rings. The number of aromatic nitrogens is 4. The maximum absolute atomic E-state index is 12.8. The van der Waals surface area contributed by atoms with Crippen LogP contribution in [0.5, 0.6) is 0 Å². The number of nitrogen functional groups attached to an aromatic ring is 1. The molecule has 0 amide bonds. The first-order chi connectivity index (χ1) is 17.0. The van der Waals surface area contributed by atoms with Gasteiger partial charge in [-0.2, -0.15) is 5.10 Å². The molecule has 4 aromatic rings. The molecule has 188 valence electrons. The molecule has 10 heteroatoms. The highest BCUT2D eigenvalue weighted by molar-refractivity contribution is 7.89. The minimum Gasteiger partial charge on any atom is -0.390 e. The van der Waals surface area contributed by atoms with Crippen LogP contribution < -0.4 is 10.5 Å². The first-order valence-corrected chi connectivity index (χ1v) is 13.0. The lowest BCUT2D eigenvalue weighted by molar-refractivity contribution is 0.0728. The van der Waals surface area contributed by atoms with Crippen LogP contribution in [-0.4, -0.2) is 45.4 Å². The number of hydrogen-bond donors (Lipinski definition) is 3. The van der Waals surface area contributed by atoms with Crippen molar-refractivity contribution in [1.29, 1.82) is 0 Å². The van der Waals surface area contributed by atoms with E-state index in [-0.39, 0.29) is 23.7 Å². The molecular weight excluding hydrogens is 476 g/mol. The van der Waals surface area contributed by atoms with E-state index in [1.807, 2.05) is 43.5 Å². The number of nitrogens with two attached hydrogens (primary N) is 1. The number of benzene rings is 2. The number of nitrogens with one attached hydrogen (secondary N) is 1. The minimum absolute atomic E-state index is 0.106. The van der Waals surface area contributed by atoms with Crippen molar-refractivity contribution in [2.24, 2.45) is 0 Å². The summed E-state index contributed by atoms with van der Waals surface area (Å²) < 4.78 is 30.0. The second-order valence-electron chi connectivity index (χ2n) is 9.34. The second-order valence-corrected chi connectivity index (χ2v) is 11.1. The predicted molar refractivity (Wildman–Crippen MR) is 139 cm³/mol. The Balaban J connectivity index is 1.62. The smallest absolute Gasteiger partial charge is 0.240 e. The molecule has 2 aromatic carbocycles. The second kappa shape index (κ2) is 10.2. The Hall–Kier alpha value is -3.60. The SMILES string of the molecule is Cc1ccc(S(=O)(=O)NCCC(C)(C)O)cc1-c1cnc(N)c(-c2cnn(Cc3ccccc3)c2)n1. The van der Waals surface area contributed by atoms with Gasteiger partial charge in [-0.3, -0.25) is 4.68 Å². The largest absolute Gasteiger partial charge is 0.390 e. The summed E-state index contributed by atoms with van der Waals surface area (Å²) >= 11 is 0. The molecule has 0 aliphatic rings. The first kappa shape index (κ1) is 25.5. The summed E-state index contributed by atoms with van der Waals surface area (Å²) in [6.07, 6.45) is 5.37. The lowest BCUT2D eigenvalue weighted by Gasteiger charge is -2.17. The fraction of sp³-hybridized carbons (Fsp3) is 0.269. The fourth-order valence-electron chi connectivity index (χ4n) is 3.70. The lowest BCUT2D eigenvalue weighted by atomic mass is 10.1. The Kier molecular flexibility index (Phi) is 7.21. The van der Waals surface area contributed by atoms with Crippen LogP contribution in [-0.2, 0) is 16.6 Å². The molecule has 36 heavy (non-hydrogen) atoms. The number of aryl methyl sites for hydroxylation is 1. The highest BCUT2D eigenvalue weighted by atomic mass is 32.2. The molecular formula is C26H30N6O3S. The summed E-state index contributed by atoms with van der Waals surface area (Å²) in [4.78, 5) is 9.15. The maximum atomic E-state index is 12.8. The summed E-state index contributed by atoms with van der Waals surface area (Å²) in [7, 11) is -3.77. The van der Waals surface area contributed by atoms with E-state index in [9.17, 15) is 13.5 Å². The summed E-state index contributed by atoms with van der Waals surface area (Å²) in [5.74, 6) is 0.257. The van der Waals surface area contributed by atoms with Gasteiger partial charge in [0, 0.05) is 23.9 Å². The zero-order valence-corrected chi connectivity index (χ0v) is 21.3. The van der Waals surface area contributed by atoms with Gasteiger partial charge < -0.3 is 10.8 Å². The fourth-order valence-corrected chi connectivity index (χ4v) is 4.76. The van der Waals surface area contributed by atoms with Crippen molar-refractivity contribution in [2.75, 3.05) is 12.3 Å². The lowest BCUT2D eigenvalue weighted by Crippen LogP contribution is -2.30. The van der Waals surface area contributed by atoms with Gasteiger partial charge >= 0.3 is 0 Å². The minimum atomic E-state index is -3.77.